The van der Waals surface area contributed by atoms with E-state index in [0.29, 0.717) is 21.4 Å². The van der Waals surface area contributed by atoms with Gasteiger partial charge in [-0.2, -0.15) is 0 Å². The molecule has 18 heavy (non-hydrogen) atoms. The van der Waals surface area contributed by atoms with Gasteiger partial charge in [-0.3, -0.25) is 0 Å². The molecular weight excluding hydrogens is 269 g/mol. The van der Waals surface area contributed by atoms with Crippen LogP contribution >= 0.6 is 23.2 Å². The molecule has 0 saturated carbocycles. The van der Waals surface area contributed by atoms with Crippen LogP contribution in [0, 0.1) is 0 Å². The van der Waals surface area contributed by atoms with Crippen molar-refractivity contribution < 1.29 is 0 Å². The Kier molecular flexibility index (Phi) is 4.20. The van der Waals surface area contributed by atoms with Crippen molar-refractivity contribution in [2.75, 3.05) is 0 Å². The lowest BCUT2D eigenvalue weighted by Crippen LogP contribution is -2.31. The van der Waals surface area contributed by atoms with Gasteiger partial charge >= 0.3 is 0 Å². The van der Waals surface area contributed by atoms with Crippen molar-refractivity contribution in [2.45, 2.75) is 0 Å². The highest BCUT2D eigenvalue weighted by Gasteiger charge is 2.11. The van der Waals surface area contributed by atoms with Crippen LogP contribution in [0.3, 0.4) is 0 Å². The van der Waals surface area contributed by atoms with E-state index >= 15 is 0 Å². The summed E-state index contributed by atoms with van der Waals surface area (Å²) in [7, 11) is 0. The molecule has 0 radical (unpaired) electrons. The Morgan fingerprint density at radius 2 is 1.56 bits per heavy atom. The van der Waals surface area contributed by atoms with E-state index in [1.54, 1.807) is 18.2 Å². The Labute approximate surface area is 115 Å². The van der Waals surface area contributed by atoms with Crippen molar-refractivity contribution in [1.29, 1.82) is 0 Å². The molecule has 0 amide bonds. The van der Waals surface area contributed by atoms with Gasteiger partial charge < -0.3 is 5.43 Å². The van der Waals surface area contributed by atoms with Crippen LogP contribution in [0.2, 0.25) is 10.0 Å². The van der Waals surface area contributed by atoms with Crippen LogP contribution in [-0.4, -0.2) is 5.84 Å². The summed E-state index contributed by atoms with van der Waals surface area (Å²) < 4.78 is 0. The van der Waals surface area contributed by atoms with Crippen LogP contribution < -0.4 is 11.3 Å². The third-order valence-corrected chi connectivity index (χ3v) is 2.96. The maximum atomic E-state index is 6.11. The van der Waals surface area contributed by atoms with Gasteiger partial charge in [-0.1, -0.05) is 47.5 Å². The van der Waals surface area contributed by atoms with Gasteiger partial charge in [-0.15, -0.1) is 0 Å². The van der Waals surface area contributed by atoms with Gasteiger partial charge in [-0.25, -0.2) is 10.8 Å². The highest BCUT2D eigenvalue weighted by Crippen LogP contribution is 2.25. The number of aliphatic imine (C=N–C) groups is 1. The molecule has 3 nitrogen and oxygen atoms in total. The Morgan fingerprint density at radius 3 is 2.11 bits per heavy atom. The predicted molar refractivity (Wildman–Crippen MR) is 76.4 cm³/mol. The second-order valence-electron chi connectivity index (χ2n) is 3.54. The van der Waals surface area contributed by atoms with E-state index in [1.807, 2.05) is 30.3 Å². The number of nitrogens with two attached hydrogens (primary N) is 1. The number of amidine groups is 1. The molecule has 0 aliphatic rings. The number of nitrogens with one attached hydrogen (secondary N) is 1. The molecule has 0 aliphatic heterocycles. The van der Waals surface area contributed by atoms with Gasteiger partial charge in [0, 0.05) is 0 Å². The molecule has 0 spiro atoms. The molecule has 0 fully saturated rings. The normalized spacial score (nSPS) is 11.4. The number of rotatable bonds is 2. The monoisotopic (exact) mass is 279 g/mol. The van der Waals surface area contributed by atoms with Crippen LogP contribution in [0.1, 0.15) is 5.56 Å². The number of benzene rings is 2. The van der Waals surface area contributed by atoms with E-state index in [1.165, 1.54) is 0 Å². The van der Waals surface area contributed by atoms with Gasteiger partial charge in [0.15, 0.2) is 5.84 Å². The summed E-state index contributed by atoms with van der Waals surface area (Å²) in [5, 5.41) is 0.991. The number of hydrogen-bond acceptors (Lipinski definition) is 2. The minimum absolute atomic E-state index is 0.428. The van der Waals surface area contributed by atoms with E-state index in [9.17, 15) is 0 Å². The van der Waals surface area contributed by atoms with Gasteiger partial charge in [-0.05, 0) is 24.3 Å². The number of para-hydroxylation sites is 1. The van der Waals surface area contributed by atoms with E-state index < -0.39 is 0 Å². The van der Waals surface area contributed by atoms with Crippen LogP contribution in [-0.2, 0) is 0 Å². The molecule has 0 aliphatic carbocycles. The van der Waals surface area contributed by atoms with E-state index in [0.717, 1.165) is 5.69 Å². The van der Waals surface area contributed by atoms with Crippen molar-refractivity contribution in [1.82, 2.24) is 5.43 Å². The highest BCUT2D eigenvalue weighted by molar-refractivity contribution is 6.40. The molecule has 0 atom stereocenters. The smallest absolute Gasteiger partial charge is 0.150 e. The fraction of sp³-hybridized carbons (Fsp3) is 0. The third kappa shape index (κ3) is 2.82. The topological polar surface area (TPSA) is 50.4 Å². The first-order chi connectivity index (χ1) is 8.72. The van der Waals surface area contributed by atoms with Gasteiger partial charge in [0.05, 0.1) is 21.3 Å². The molecule has 5 heteroatoms. The standard InChI is InChI=1S/C13H11Cl2N3/c14-10-7-4-8-11(15)12(10)13(18-16)17-9-5-2-1-3-6-9/h1-8H,16H2,(H,17,18). The first-order valence-electron chi connectivity index (χ1n) is 5.27. The Balaban J connectivity index is 2.49. The average Bonchev–Trinajstić information content (AvgIpc) is 2.38. The van der Waals surface area contributed by atoms with Gasteiger partial charge in [0.25, 0.3) is 0 Å². The molecule has 0 saturated heterocycles. The van der Waals surface area contributed by atoms with Crippen molar-refractivity contribution in [3.05, 3.63) is 64.1 Å². The molecule has 2 aromatic carbocycles. The molecule has 2 aromatic rings. The van der Waals surface area contributed by atoms with E-state index in [-0.39, 0.29) is 0 Å². The molecule has 0 unspecified atom stereocenters. The minimum atomic E-state index is 0.428. The van der Waals surface area contributed by atoms with Gasteiger partial charge in [0.1, 0.15) is 0 Å². The van der Waals surface area contributed by atoms with Crippen molar-refractivity contribution in [3.8, 4) is 0 Å². The second kappa shape index (κ2) is 5.87. The summed E-state index contributed by atoms with van der Waals surface area (Å²) in [6, 6.07) is 14.7. The highest BCUT2D eigenvalue weighted by atomic mass is 35.5. The Bertz CT molecular complexity index is 547. The summed E-state index contributed by atoms with van der Waals surface area (Å²) in [4.78, 5) is 4.38. The second-order valence-corrected chi connectivity index (χ2v) is 4.35. The number of halogens is 2. The van der Waals surface area contributed by atoms with Crippen LogP contribution in [0.15, 0.2) is 53.5 Å². The first-order valence-corrected chi connectivity index (χ1v) is 6.02. The fourth-order valence-corrected chi connectivity index (χ4v) is 2.09. The lowest BCUT2D eigenvalue weighted by Gasteiger charge is -2.09. The van der Waals surface area contributed by atoms with Crippen LogP contribution in [0.4, 0.5) is 5.69 Å². The van der Waals surface area contributed by atoms with E-state index in [4.69, 9.17) is 29.0 Å². The lowest BCUT2D eigenvalue weighted by atomic mass is 10.2. The van der Waals surface area contributed by atoms with Crippen molar-refractivity contribution in [3.63, 3.8) is 0 Å². The quantitative estimate of drug-likeness (QED) is 0.382. The predicted octanol–water partition coefficient (Wildman–Crippen LogP) is 3.54. The van der Waals surface area contributed by atoms with E-state index in [2.05, 4.69) is 10.4 Å². The fourth-order valence-electron chi connectivity index (χ4n) is 1.52. The zero-order chi connectivity index (χ0) is 13.0. The third-order valence-electron chi connectivity index (χ3n) is 2.33. The Morgan fingerprint density at radius 1 is 0.944 bits per heavy atom. The van der Waals surface area contributed by atoms with Crippen LogP contribution in [0.5, 0.6) is 0 Å². The summed E-state index contributed by atoms with van der Waals surface area (Å²) in [5.74, 6) is 5.92. The number of hydrazine groups is 1. The maximum Gasteiger partial charge on any atom is 0.150 e. The number of nitrogens with zero attached hydrogens (tertiary/aromatic N) is 1. The summed E-state index contributed by atoms with van der Waals surface area (Å²) in [6.45, 7) is 0. The molecule has 92 valence electrons. The zero-order valence-corrected chi connectivity index (χ0v) is 10.9. The summed E-state index contributed by atoms with van der Waals surface area (Å²) >= 11 is 12.2. The lowest BCUT2D eigenvalue weighted by molar-refractivity contribution is 1.02. The molecule has 0 bridgehead atoms. The molecular formula is C13H11Cl2N3. The molecule has 3 N–H and O–H groups in total. The minimum Gasteiger partial charge on any atom is -0.308 e. The van der Waals surface area contributed by atoms with Crippen molar-refractivity contribution in [2.24, 2.45) is 10.8 Å². The first kappa shape index (κ1) is 12.9. The average molecular weight is 280 g/mol. The van der Waals surface area contributed by atoms with Gasteiger partial charge in [0.2, 0.25) is 0 Å². The van der Waals surface area contributed by atoms with Crippen LogP contribution in [0.25, 0.3) is 0 Å². The molecule has 0 aromatic heterocycles. The molecule has 0 heterocycles. The summed E-state index contributed by atoms with van der Waals surface area (Å²) in [6.07, 6.45) is 0. The SMILES string of the molecule is NNC(=Nc1ccccc1)c1c(Cl)cccc1Cl. The summed E-state index contributed by atoms with van der Waals surface area (Å²) in [5.41, 5.74) is 3.88. The molecule has 2 rings (SSSR count). The van der Waals surface area contributed by atoms with Crippen molar-refractivity contribution >= 4 is 34.7 Å². The number of hydrogen-bond donors (Lipinski definition) is 2. The zero-order valence-electron chi connectivity index (χ0n) is 9.40. The Hall–Kier alpha value is -1.55. The maximum absolute atomic E-state index is 6.11. The largest absolute Gasteiger partial charge is 0.308 e.